The Morgan fingerprint density at radius 1 is 1.47 bits per heavy atom. The van der Waals surface area contributed by atoms with Crippen molar-refractivity contribution in [2.75, 3.05) is 0 Å². The number of aromatic carboxylic acids is 1. The predicted molar refractivity (Wildman–Crippen MR) is 54.1 cm³/mol. The van der Waals surface area contributed by atoms with Crippen molar-refractivity contribution in [1.82, 2.24) is 0 Å². The van der Waals surface area contributed by atoms with Gasteiger partial charge in [-0.2, -0.15) is 0 Å². The minimum Gasteiger partial charge on any atom is -0.478 e. The molecule has 15 heavy (non-hydrogen) atoms. The molecule has 0 aliphatic heterocycles. The van der Waals surface area contributed by atoms with E-state index in [4.69, 9.17) is 15.8 Å². The molecule has 0 aliphatic carbocycles. The van der Waals surface area contributed by atoms with Crippen LogP contribution >= 0.6 is 26.6 Å². The van der Waals surface area contributed by atoms with Crippen LogP contribution in [0.3, 0.4) is 0 Å². The van der Waals surface area contributed by atoms with Gasteiger partial charge in [-0.05, 0) is 12.1 Å². The van der Waals surface area contributed by atoms with E-state index >= 15 is 0 Å². The lowest BCUT2D eigenvalue weighted by molar-refractivity contribution is 0.0691. The van der Waals surface area contributed by atoms with Crippen molar-refractivity contribution in [3.63, 3.8) is 0 Å². The molecule has 4 nitrogen and oxygen atoms in total. The molecule has 0 aliphatic rings. The summed E-state index contributed by atoms with van der Waals surface area (Å²) < 4.78 is 35.2. The van der Waals surface area contributed by atoms with E-state index in [1.54, 1.807) is 0 Å². The molecule has 1 N–H and O–H groups in total. The minimum atomic E-state index is -4.31. The predicted octanol–water partition coefficient (Wildman–Crippen LogP) is 2.21. The third-order valence-corrected chi connectivity index (χ3v) is 3.28. The van der Waals surface area contributed by atoms with Crippen molar-refractivity contribution < 1.29 is 22.7 Å². The second-order valence-corrected chi connectivity index (χ2v) is 5.96. The van der Waals surface area contributed by atoms with E-state index in [1.807, 2.05) is 0 Å². The number of carbonyl (C=O) groups is 1. The van der Waals surface area contributed by atoms with Gasteiger partial charge in [-0.15, -0.1) is 0 Å². The van der Waals surface area contributed by atoms with Crippen LogP contribution in [0.1, 0.15) is 10.4 Å². The standard InChI is InChI=1S/C7H3BrClFO4S/c8-3-1-4(7(11)12)6(10)5(2-3)15(9,13)14/h1-2H,(H,11,12). The van der Waals surface area contributed by atoms with E-state index in [-0.39, 0.29) is 4.47 Å². The van der Waals surface area contributed by atoms with Gasteiger partial charge < -0.3 is 5.11 Å². The summed E-state index contributed by atoms with van der Waals surface area (Å²) >= 11 is 2.85. The lowest BCUT2D eigenvalue weighted by Crippen LogP contribution is -2.05. The zero-order chi connectivity index (χ0) is 11.8. The molecule has 0 bridgehead atoms. The minimum absolute atomic E-state index is 0.112. The summed E-state index contributed by atoms with van der Waals surface area (Å²) in [5.41, 5.74) is -0.761. The van der Waals surface area contributed by atoms with E-state index < -0.39 is 31.3 Å². The first kappa shape index (κ1) is 12.4. The first-order valence-corrected chi connectivity index (χ1v) is 6.50. The molecule has 1 aromatic rings. The highest BCUT2D eigenvalue weighted by molar-refractivity contribution is 9.10. The number of carboxylic acid groups (broad SMARTS) is 1. The van der Waals surface area contributed by atoms with Crippen LogP contribution in [-0.4, -0.2) is 19.5 Å². The average molecular weight is 318 g/mol. The molecular formula is C7H3BrClFO4S. The van der Waals surface area contributed by atoms with Crippen molar-refractivity contribution in [1.29, 1.82) is 0 Å². The Balaban J connectivity index is 3.63. The summed E-state index contributed by atoms with van der Waals surface area (Å²) in [7, 11) is 0.623. The van der Waals surface area contributed by atoms with E-state index in [9.17, 15) is 17.6 Å². The molecule has 0 saturated heterocycles. The molecule has 1 aromatic carbocycles. The summed E-state index contributed by atoms with van der Waals surface area (Å²) in [5, 5.41) is 8.58. The number of rotatable bonds is 2. The second kappa shape index (κ2) is 4.07. The summed E-state index contributed by atoms with van der Waals surface area (Å²) in [4.78, 5) is 9.69. The first-order chi connectivity index (χ1) is 6.73. The van der Waals surface area contributed by atoms with E-state index in [0.717, 1.165) is 12.1 Å². The van der Waals surface area contributed by atoms with Crippen molar-refractivity contribution in [2.24, 2.45) is 0 Å². The van der Waals surface area contributed by atoms with Gasteiger partial charge in [-0.3, -0.25) is 0 Å². The SMILES string of the molecule is O=C(O)c1cc(Br)cc(S(=O)(=O)Cl)c1F. The molecular weight excluding hydrogens is 314 g/mol. The zero-order valence-corrected chi connectivity index (χ0v) is 10.0. The van der Waals surface area contributed by atoms with Crippen molar-refractivity contribution >= 4 is 41.6 Å². The van der Waals surface area contributed by atoms with Crippen LogP contribution in [-0.2, 0) is 9.05 Å². The molecule has 0 saturated carbocycles. The molecule has 0 heterocycles. The van der Waals surface area contributed by atoms with Crippen molar-refractivity contribution in [3.8, 4) is 0 Å². The number of halogens is 3. The fourth-order valence-corrected chi connectivity index (χ4v) is 2.44. The number of hydrogen-bond donors (Lipinski definition) is 1. The van der Waals surface area contributed by atoms with E-state index in [1.165, 1.54) is 0 Å². The van der Waals surface area contributed by atoms with Gasteiger partial charge in [0.2, 0.25) is 0 Å². The number of benzene rings is 1. The highest BCUT2D eigenvalue weighted by Gasteiger charge is 2.23. The largest absolute Gasteiger partial charge is 0.478 e. The van der Waals surface area contributed by atoms with Gasteiger partial charge in [-0.25, -0.2) is 17.6 Å². The molecule has 1 rings (SSSR count). The summed E-state index contributed by atoms with van der Waals surface area (Å²) in [6.45, 7) is 0. The van der Waals surface area contributed by atoms with Gasteiger partial charge in [0.25, 0.3) is 9.05 Å². The van der Waals surface area contributed by atoms with Crippen LogP contribution in [0.4, 0.5) is 4.39 Å². The van der Waals surface area contributed by atoms with E-state index in [2.05, 4.69) is 15.9 Å². The molecule has 0 radical (unpaired) electrons. The molecule has 82 valence electrons. The molecule has 0 spiro atoms. The molecule has 8 heteroatoms. The molecule has 0 aromatic heterocycles. The molecule has 0 unspecified atom stereocenters. The second-order valence-electron chi connectivity index (χ2n) is 2.51. The normalized spacial score (nSPS) is 11.4. The quantitative estimate of drug-likeness (QED) is 0.849. The van der Waals surface area contributed by atoms with Gasteiger partial charge >= 0.3 is 5.97 Å². The lowest BCUT2D eigenvalue weighted by Gasteiger charge is -2.03. The maximum atomic E-state index is 13.3. The third kappa shape index (κ3) is 2.67. The van der Waals surface area contributed by atoms with Gasteiger partial charge in [-0.1, -0.05) is 15.9 Å². The first-order valence-electron chi connectivity index (χ1n) is 3.40. The summed E-state index contributed by atoms with van der Waals surface area (Å²) in [6, 6.07) is 1.84. The van der Waals surface area contributed by atoms with Gasteiger partial charge in [0, 0.05) is 15.2 Å². The number of carboxylic acids is 1. The van der Waals surface area contributed by atoms with Gasteiger partial charge in [0.05, 0.1) is 5.56 Å². The molecule has 0 fully saturated rings. The molecule has 0 atom stereocenters. The average Bonchev–Trinajstić information content (AvgIpc) is 2.06. The van der Waals surface area contributed by atoms with Crippen molar-refractivity contribution in [3.05, 3.63) is 28.0 Å². The monoisotopic (exact) mass is 316 g/mol. The smallest absolute Gasteiger partial charge is 0.338 e. The Kier molecular flexibility index (Phi) is 3.37. The maximum Gasteiger partial charge on any atom is 0.338 e. The Morgan fingerprint density at radius 2 is 2.00 bits per heavy atom. The fraction of sp³-hybridized carbons (Fsp3) is 0. The summed E-state index contributed by atoms with van der Waals surface area (Å²) in [5.74, 6) is -2.95. The van der Waals surface area contributed by atoms with Gasteiger partial charge in [0.1, 0.15) is 4.90 Å². The zero-order valence-electron chi connectivity index (χ0n) is 6.87. The molecule has 0 amide bonds. The summed E-state index contributed by atoms with van der Waals surface area (Å²) in [6.07, 6.45) is 0. The van der Waals surface area contributed by atoms with Crippen LogP contribution in [0.25, 0.3) is 0 Å². The Labute approximate surface area is 97.2 Å². The van der Waals surface area contributed by atoms with Crippen LogP contribution in [0.5, 0.6) is 0 Å². The van der Waals surface area contributed by atoms with Crippen molar-refractivity contribution in [2.45, 2.75) is 4.90 Å². The van der Waals surface area contributed by atoms with E-state index in [0.29, 0.717) is 0 Å². The topological polar surface area (TPSA) is 71.4 Å². The fourth-order valence-electron chi connectivity index (χ4n) is 0.897. The lowest BCUT2D eigenvalue weighted by atomic mass is 10.2. The Bertz CT molecular complexity index is 528. The van der Waals surface area contributed by atoms with Crippen LogP contribution < -0.4 is 0 Å². The van der Waals surface area contributed by atoms with Gasteiger partial charge in [0.15, 0.2) is 5.82 Å². The maximum absolute atomic E-state index is 13.3. The van der Waals surface area contributed by atoms with Crippen LogP contribution in [0, 0.1) is 5.82 Å². The Hall–Kier alpha value is -0.660. The van der Waals surface area contributed by atoms with Crippen LogP contribution in [0.15, 0.2) is 21.5 Å². The third-order valence-electron chi connectivity index (χ3n) is 1.50. The highest BCUT2D eigenvalue weighted by atomic mass is 79.9. The van der Waals surface area contributed by atoms with Crippen LogP contribution in [0.2, 0.25) is 0 Å². The Morgan fingerprint density at radius 3 is 2.40 bits per heavy atom. The number of hydrogen-bond acceptors (Lipinski definition) is 3. The highest BCUT2D eigenvalue weighted by Crippen LogP contribution is 2.26.